The van der Waals surface area contributed by atoms with E-state index in [9.17, 15) is 0 Å². The van der Waals surface area contributed by atoms with E-state index in [2.05, 4.69) is 19.1 Å². The van der Waals surface area contributed by atoms with Crippen LogP contribution in [0.15, 0.2) is 12.2 Å². The van der Waals surface area contributed by atoms with E-state index in [1.54, 1.807) is 0 Å². The van der Waals surface area contributed by atoms with Crippen LogP contribution in [0.25, 0.3) is 0 Å². The monoisotopic (exact) mass is 262 g/mol. The topological polar surface area (TPSA) is 0 Å². The van der Waals surface area contributed by atoms with E-state index in [0.29, 0.717) is 0 Å². The summed E-state index contributed by atoms with van der Waals surface area (Å²) in [6.07, 6.45) is 24.2. The first-order chi connectivity index (χ1) is 9.40. The van der Waals surface area contributed by atoms with Crippen LogP contribution in [0, 0.1) is 17.8 Å². The quantitative estimate of drug-likeness (QED) is 0.294. The zero-order valence-electron chi connectivity index (χ0n) is 13.1. The smallest absolute Gasteiger partial charge is 0.0199 e. The second kappa shape index (κ2) is 8.82. The predicted octanol–water partition coefficient (Wildman–Crippen LogP) is 6.51. The molecule has 0 heteroatoms. The standard InChI is InChI=1S/C19H34/c1-2-3-4-5-6-7-8-9-10-11-12-18-15-17-13-14-19(18)16-17/h13-14,17-19H,2-12,15-16H2,1H3/t17-,18-,19+/m1/s1. The first kappa shape index (κ1) is 15.1. The van der Waals surface area contributed by atoms with E-state index in [1.807, 2.05) is 0 Å². The minimum atomic E-state index is 0.970. The average Bonchev–Trinajstić information content (AvgIpc) is 3.03. The van der Waals surface area contributed by atoms with Crippen molar-refractivity contribution < 1.29 is 0 Å². The molecule has 0 N–H and O–H groups in total. The van der Waals surface area contributed by atoms with E-state index >= 15 is 0 Å². The number of unbranched alkanes of at least 4 members (excludes halogenated alkanes) is 9. The third-order valence-electron chi connectivity index (χ3n) is 5.34. The number of hydrogen-bond donors (Lipinski definition) is 0. The molecule has 3 atom stereocenters. The summed E-state index contributed by atoms with van der Waals surface area (Å²) >= 11 is 0. The summed E-state index contributed by atoms with van der Waals surface area (Å²) in [6.45, 7) is 2.30. The molecular formula is C19H34. The van der Waals surface area contributed by atoms with Crippen LogP contribution in [0.2, 0.25) is 0 Å². The van der Waals surface area contributed by atoms with Gasteiger partial charge >= 0.3 is 0 Å². The van der Waals surface area contributed by atoms with Crippen molar-refractivity contribution in [3.8, 4) is 0 Å². The molecule has 0 radical (unpaired) electrons. The third-order valence-corrected chi connectivity index (χ3v) is 5.34. The SMILES string of the molecule is CCCCCCCCCCCC[C@@H]1C[C@H]2C=C[C@H]1C2. The second-order valence-electron chi connectivity index (χ2n) is 7.01. The van der Waals surface area contributed by atoms with Gasteiger partial charge in [0.1, 0.15) is 0 Å². The minimum absolute atomic E-state index is 0.970. The lowest BCUT2D eigenvalue weighted by atomic mass is 9.88. The first-order valence-corrected chi connectivity index (χ1v) is 9.08. The lowest BCUT2D eigenvalue weighted by Crippen LogP contribution is -2.06. The van der Waals surface area contributed by atoms with Crippen molar-refractivity contribution in [3.63, 3.8) is 0 Å². The van der Waals surface area contributed by atoms with Gasteiger partial charge in [-0.1, -0.05) is 83.3 Å². The second-order valence-corrected chi connectivity index (χ2v) is 7.01. The van der Waals surface area contributed by atoms with Crippen LogP contribution >= 0.6 is 0 Å². The molecule has 0 aromatic rings. The van der Waals surface area contributed by atoms with Gasteiger partial charge < -0.3 is 0 Å². The maximum absolute atomic E-state index is 2.51. The Hall–Kier alpha value is -0.260. The molecule has 1 fully saturated rings. The highest BCUT2D eigenvalue weighted by Gasteiger charge is 2.34. The van der Waals surface area contributed by atoms with Gasteiger partial charge in [-0.15, -0.1) is 0 Å². The molecule has 19 heavy (non-hydrogen) atoms. The number of hydrogen-bond acceptors (Lipinski definition) is 0. The van der Waals surface area contributed by atoms with Crippen LogP contribution in [0.3, 0.4) is 0 Å². The molecule has 0 aromatic carbocycles. The van der Waals surface area contributed by atoms with E-state index in [1.165, 1.54) is 83.5 Å². The Morgan fingerprint density at radius 3 is 1.89 bits per heavy atom. The minimum Gasteiger partial charge on any atom is -0.0851 e. The fourth-order valence-electron chi connectivity index (χ4n) is 4.12. The van der Waals surface area contributed by atoms with Crippen molar-refractivity contribution in [1.29, 1.82) is 0 Å². The van der Waals surface area contributed by atoms with Gasteiger partial charge in [-0.3, -0.25) is 0 Å². The predicted molar refractivity (Wildman–Crippen MR) is 85.3 cm³/mol. The van der Waals surface area contributed by atoms with Gasteiger partial charge in [-0.25, -0.2) is 0 Å². The Bertz CT molecular complexity index is 253. The highest BCUT2D eigenvalue weighted by atomic mass is 14.4. The molecule has 0 aromatic heterocycles. The van der Waals surface area contributed by atoms with Crippen LogP contribution in [0.4, 0.5) is 0 Å². The summed E-state index contributed by atoms with van der Waals surface area (Å²) in [6, 6.07) is 0. The Balaban J connectivity index is 1.34. The number of fused-ring (bicyclic) bond motifs is 2. The first-order valence-electron chi connectivity index (χ1n) is 9.08. The van der Waals surface area contributed by atoms with Crippen LogP contribution in [-0.2, 0) is 0 Å². The molecule has 1 saturated carbocycles. The van der Waals surface area contributed by atoms with Crippen molar-refractivity contribution in [2.45, 2.75) is 90.4 Å². The largest absolute Gasteiger partial charge is 0.0851 e. The summed E-state index contributed by atoms with van der Waals surface area (Å²) in [5.41, 5.74) is 0. The number of rotatable bonds is 11. The molecule has 2 aliphatic rings. The number of allylic oxidation sites excluding steroid dienone is 2. The van der Waals surface area contributed by atoms with E-state index in [4.69, 9.17) is 0 Å². The Morgan fingerprint density at radius 2 is 1.37 bits per heavy atom. The van der Waals surface area contributed by atoms with Crippen LogP contribution < -0.4 is 0 Å². The Kier molecular flexibility index (Phi) is 7.03. The average molecular weight is 262 g/mol. The van der Waals surface area contributed by atoms with Gasteiger partial charge in [-0.05, 0) is 37.0 Å². The van der Waals surface area contributed by atoms with Gasteiger partial charge in [-0.2, -0.15) is 0 Å². The summed E-state index contributed by atoms with van der Waals surface area (Å²) in [5.74, 6) is 3.01. The van der Waals surface area contributed by atoms with Crippen molar-refractivity contribution in [2.24, 2.45) is 17.8 Å². The van der Waals surface area contributed by atoms with Gasteiger partial charge in [0.05, 0.1) is 0 Å². The van der Waals surface area contributed by atoms with Crippen LogP contribution in [-0.4, -0.2) is 0 Å². The van der Waals surface area contributed by atoms with Gasteiger partial charge in [0, 0.05) is 0 Å². The normalized spacial score (nSPS) is 28.4. The molecule has 2 bridgehead atoms. The van der Waals surface area contributed by atoms with Crippen LogP contribution in [0.5, 0.6) is 0 Å². The fraction of sp³-hybridized carbons (Fsp3) is 0.895. The zero-order chi connectivity index (χ0) is 13.3. The van der Waals surface area contributed by atoms with Gasteiger partial charge in [0.2, 0.25) is 0 Å². The molecule has 0 nitrogen and oxygen atoms in total. The van der Waals surface area contributed by atoms with E-state index in [-0.39, 0.29) is 0 Å². The van der Waals surface area contributed by atoms with Crippen molar-refractivity contribution in [1.82, 2.24) is 0 Å². The van der Waals surface area contributed by atoms with Crippen molar-refractivity contribution in [3.05, 3.63) is 12.2 Å². The molecule has 0 aliphatic heterocycles. The molecule has 0 saturated heterocycles. The van der Waals surface area contributed by atoms with Gasteiger partial charge in [0.25, 0.3) is 0 Å². The van der Waals surface area contributed by atoms with E-state index < -0.39 is 0 Å². The maximum atomic E-state index is 2.51. The van der Waals surface area contributed by atoms with Crippen LogP contribution in [0.1, 0.15) is 90.4 Å². The molecular weight excluding hydrogens is 228 g/mol. The lowest BCUT2D eigenvalue weighted by molar-refractivity contribution is 0.393. The van der Waals surface area contributed by atoms with Crippen molar-refractivity contribution >= 4 is 0 Å². The summed E-state index contributed by atoms with van der Waals surface area (Å²) in [4.78, 5) is 0. The van der Waals surface area contributed by atoms with Gasteiger partial charge in [0.15, 0.2) is 0 Å². The summed E-state index contributed by atoms with van der Waals surface area (Å²) < 4.78 is 0. The summed E-state index contributed by atoms with van der Waals surface area (Å²) in [7, 11) is 0. The molecule has 110 valence electrons. The molecule has 2 rings (SSSR count). The van der Waals surface area contributed by atoms with E-state index in [0.717, 1.165) is 17.8 Å². The molecule has 0 heterocycles. The molecule has 0 spiro atoms. The lowest BCUT2D eigenvalue weighted by Gasteiger charge is -2.17. The third kappa shape index (κ3) is 5.32. The maximum Gasteiger partial charge on any atom is -0.0199 e. The fourth-order valence-corrected chi connectivity index (χ4v) is 4.12. The molecule has 0 unspecified atom stereocenters. The van der Waals surface area contributed by atoms with Crippen molar-refractivity contribution in [2.75, 3.05) is 0 Å². The molecule has 2 aliphatic carbocycles. The highest BCUT2D eigenvalue weighted by Crippen LogP contribution is 2.45. The zero-order valence-corrected chi connectivity index (χ0v) is 13.1. The highest BCUT2D eigenvalue weighted by molar-refractivity contribution is 5.09. The summed E-state index contributed by atoms with van der Waals surface area (Å²) in [5, 5.41) is 0. The molecule has 0 amide bonds. The Morgan fingerprint density at radius 1 is 0.737 bits per heavy atom. The Labute approximate surface area is 121 Å².